The van der Waals surface area contributed by atoms with Gasteiger partial charge in [0.2, 0.25) is 0 Å². The first-order chi connectivity index (χ1) is 8.58. The largest absolute Gasteiger partial charge is 0.397 e. The lowest BCUT2D eigenvalue weighted by Crippen LogP contribution is -2.15. The molecule has 0 aliphatic rings. The number of nitrogens with one attached hydrogen (secondary N) is 2. The van der Waals surface area contributed by atoms with Gasteiger partial charge in [0.1, 0.15) is 0 Å². The van der Waals surface area contributed by atoms with Crippen molar-refractivity contribution in [1.29, 1.82) is 0 Å². The quantitative estimate of drug-likeness (QED) is 0.609. The van der Waals surface area contributed by atoms with E-state index in [1.807, 2.05) is 0 Å². The zero-order valence-corrected chi connectivity index (χ0v) is 10.2. The lowest BCUT2D eigenvalue weighted by Gasteiger charge is -2.11. The molecule has 7 heteroatoms. The van der Waals surface area contributed by atoms with Gasteiger partial charge < -0.3 is 21.8 Å². The second kappa shape index (κ2) is 4.92. The Morgan fingerprint density at radius 1 is 1.44 bits per heavy atom. The van der Waals surface area contributed by atoms with Crippen molar-refractivity contribution < 1.29 is 4.79 Å². The Bertz CT molecular complexity index is 632. The van der Waals surface area contributed by atoms with E-state index in [1.54, 1.807) is 23.6 Å². The van der Waals surface area contributed by atoms with Gasteiger partial charge in [-0.1, -0.05) is 17.4 Å². The van der Waals surface area contributed by atoms with Gasteiger partial charge in [-0.05, 0) is 12.1 Å². The van der Waals surface area contributed by atoms with E-state index in [4.69, 9.17) is 11.5 Å². The van der Waals surface area contributed by atoms with Crippen molar-refractivity contribution in [1.82, 2.24) is 4.98 Å². The standard InChI is InChI=1S/C11H12N4O2S/c12-8-3-1-2-7(10(13)16)9(8)14-4-6-5-18-11(17)15-6/h1-3,5,14H,4,12H2,(H2,13,16)(H,15,17). The number of para-hydroxylation sites is 1. The van der Waals surface area contributed by atoms with Crippen molar-refractivity contribution in [2.24, 2.45) is 5.73 Å². The fourth-order valence-electron chi connectivity index (χ4n) is 1.56. The summed E-state index contributed by atoms with van der Waals surface area (Å²) in [5, 5.41) is 4.71. The molecule has 0 aliphatic heterocycles. The van der Waals surface area contributed by atoms with Crippen molar-refractivity contribution in [2.45, 2.75) is 6.54 Å². The van der Waals surface area contributed by atoms with Crippen LogP contribution in [0.3, 0.4) is 0 Å². The third kappa shape index (κ3) is 2.51. The molecule has 2 aromatic rings. The summed E-state index contributed by atoms with van der Waals surface area (Å²) in [6.45, 7) is 0.368. The molecule has 1 heterocycles. The number of aromatic amines is 1. The van der Waals surface area contributed by atoms with Gasteiger partial charge in [0.05, 0.1) is 23.5 Å². The smallest absolute Gasteiger partial charge is 0.304 e. The summed E-state index contributed by atoms with van der Waals surface area (Å²) in [5.74, 6) is -0.552. The van der Waals surface area contributed by atoms with Gasteiger partial charge in [-0.2, -0.15) is 0 Å². The van der Waals surface area contributed by atoms with Crippen LogP contribution in [0.25, 0.3) is 0 Å². The average molecular weight is 264 g/mol. The average Bonchev–Trinajstić information content (AvgIpc) is 2.73. The summed E-state index contributed by atoms with van der Waals surface area (Å²) in [4.78, 5) is 24.8. The van der Waals surface area contributed by atoms with Crippen LogP contribution in [0, 0.1) is 0 Å². The number of rotatable bonds is 4. The van der Waals surface area contributed by atoms with Crippen molar-refractivity contribution in [2.75, 3.05) is 11.1 Å². The number of amides is 1. The Morgan fingerprint density at radius 2 is 2.22 bits per heavy atom. The first-order valence-electron chi connectivity index (χ1n) is 5.17. The summed E-state index contributed by atoms with van der Waals surface area (Å²) in [6, 6.07) is 4.93. The number of primary amides is 1. The van der Waals surface area contributed by atoms with Crippen molar-refractivity contribution in [3.8, 4) is 0 Å². The number of H-pyrrole nitrogens is 1. The van der Waals surface area contributed by atoms with Gasteiger partial charge in [-0.25, -0.2) is 0 Å². The van der Waals surface area contributed by atoms with E-state index in [-0.39, 0.29) is 4.87 Å². The molecule has 0 spiro atoms. The zero-order chi connectivity index (χ0) is 13.1. The van der Waals surface area contributed by atoms with Crippen LogP contribution in [-0.2, 0) is 6.54 Å². The molecule has 2 rings (SSSR count). The van der Waals surface area contributed by atoms with Gasteiger partial charge in [-0.15, -0.1) is 0 Å². The van der Waals surface area contributed by atoms with Gasteiger partial charge in [0.25, 0.3) is 5.91 Å². The lowest BCUT2D eigenvalue weighted by molar-refractivity contribution is 0.100. The number of hydrogen-bond donors (Lipinski definition) is 4. The van der Waals surface area contributed by atoms with Crippen LogP contribution in [0.1, 0.15) is 16.1 Å². The van der Waals surface area contributed by atoms with E-state index in [9.17, 15) is 9.59 Å². The molecule has 6 nitrogen and oxygen atoms in total. The number of anilines is 2. The monoisotopic (exact) mass is 264 g/mol. The predicted molar refractivity (Wildman–Crippen MR) is 71.6 cm³/mol. The third-order valence-electron chi connectivity index (χ3n) is 2.39. The molecule has 18 heavy (non-hydrogen) atoms. The normalized spacial score (nSPS) is 10.2. The molecule has 0 saturated carbocycles. The lowest BCUT2D eigenvalue weighted by atomic mass is 10.1. The second-order valence-electron chi connectivity index (χ2n) is 3.66. The molecule has 0 bridgehead atoms. The molecule has 0 atom stereocenters. The second-order valence-corrected chi connectivity index (χ2v) is 4.50. The fraction of sp³-hybridized carbons (Fsp3) is 0.0909. The molecular weight excluding hydrogens is 252 g/mol. The summed E-state index contributed by atoms with van der Waals surface area (Å²) in [6.07, 6.45) is 0. The molecule has 1 amide bonds. The number of thiazole rings is 1. The first-order valence-corrected chi connectivity index (χ1v) is 6.04. The minimum atomic E-state index is -0.552. The van der Waals surface area contributed by atoms with Crippen LogP contribution in [-0.4, -0.2) is 10.9 Å². The van der Waals surface area contributed by atoms with Gasteiger partial charge >= 0.3 is 4.87 Å². The van der Waals surface area contributed by atoms with Crippen LogP contribution in [0.4, 0.5) is 11.4 Å². The number of nitrogens with two attached hydrogens (primary N) is 2. The van der Waals surface area contributed by atoms with Crippen LogP contribution >= 0.6 is 11.3 Å². The molecule has 1 aromatic carbocycles. The summed E-state index contributed by atoms with van der Waals surface area (Å²) >= 11 is 1.08. The zero-order valence-electron chi connectivity index (χ0n) is 9.40. The van der Waals surface area contributed by atoms with E-state index >= 15 is 0 Å². The molecule has 0 unspecified atom stereocenters. The Morgan fingerprint density at radius 3 is 2.83 bits per heavy atom. The van der Waals surface area contributed by atoms with E-state index in [2.05, 4.69) is 10.3 Å². The highest BCUT2D eigenvalue weighted by Crippen LogP contribution is 2.23. The first kappa shape index (κ1) is 12.2. The summed E-state index contributed by atoms with van der Waals surface area (Å²) in [5.41, 5.74) is 13.0. The maximum Gasteiger partial charge on any atom is 0.304 e. The molecule has 6 N–H and O–H groups in total. The van der Waals surface area contributed by atoms with Crippen LogP contribution in [0.2, 0.25) is 0 Å². The Hall–Kier alpha value is -2.28. The maximum atomic E-state index is 11.3. The number of aromatic nitrogens is 1. The molecule has 1 aromatic heterocycles. The van der Waals surface area contributed by atoms with E-state index in [0.29, 0.717) is 23.5 Å². The molecule has 0 aliphatic carbocycles. The number of carbonyl (C=O) groups excluding carboxylic acids is 1. The van der Waals surface area contributed by atoms with E-state index < -0.39 is 5.91 Å². The summed E-state index contributed by atoms with van der Waals surface area (Å²) < 4.78 is 0. The van der Waals surface area contributed by atoms with Crippen molar-refractivity contribution >= 4 is 28.6 Å². The third-order valence-corrected chi connectivity index (χ3v) is 3.11. The van der Waals surface area contributed by atoms with Crippen LogP contribution in [0.5, 0.6) is 0 Å². The fourth-order valence-corrected chi connectivity index (χ4v) is 2.14. The van der Waals surface area contributed by atoms with E-state index in [0.717, 1.165) is 17.0 Å². The Labute approximate surface area is 107 Å². The number of carbonyl (C=O) groups is 1. The van der Waals surface area contributed by atoms with Gasteiger partial charge in [0.15, 0.2) is 0 Å². The topological polar surface area (TPSA) is 114 Å². The number of nitrogen functional groups attached to an aromatic ring is 1. The van der Waals surface area contributed by atoms with Crippen LogP contribution in [0.15, 0.2) is 28.4 Å². The molecule has 0 fully saturated rings. The van der Waals surface area contributed by atoms with Gasteiger partial charge in [-0.3, -0.25) is 9.59 Å². The molecule has 0 saturated heterocycles. The van der Waals surface area contributed by atoms with Crippen molar-refractivity contribution in [3.05, 3.63) is 44.5 Å². The highest BCUT2D eigenvalue weighted by molar-refractivity contribution is 7.07. The SMILES string of the molecule is NC(=O)c1cccc(N)c1NCc1csc(=O)[nH]1. The Kier molecular flexibility index (Phi) is 3.33. The molecule has 0 radical (unpaired) electrons. The minimum Gasteiger partial charge on any atom is -0.397 e. The highest BCUT2D eigenvalue weighted by Gasteiger charge is 2.10. The number of hydrogen-bond acceptors (Lipinski definition) is 5. The predicted octanol–water partition coefficient (Wildman–Crippen LogP) is 0.730. The van der Waals surface area contributed by atoms with E-state index in [1.165, 1.54) is 0 Å². The Balaban J connectivity index is 2.23. The van der Waals surface area contributed by atoms with Crippen LogP contribution < -0.4 is 21.7 Å². The highest BCUT2D eigenvalue weighted by atomic mass is 32.1. The molecule has 94 valence electrons. The molecular formula is C11H12N4O2S. The minimum absolute atomic E-state index is 0.122. The van der Waals surface area contributed by atoms with Gasteiger partial charge in [0, 0.05) is 11.1 Å². The maximum absolute atomic E-state index is 11.3. The summed E-state index contributed by atoms with van der Waals surface area (Å²) in [7, 11) is 0. The number of benzene rings is 1. The van der Waals surface area contributed by atoms with Crippen molar-refractivity contribution in [3.63, 3.8) is 0 Å².